The molecule has 4 rings (SSSR count). The quantitative estimate of drug-likeness (QED) is 0.482. The molecule has 0 saturated heterocycles. The van der Waals surface area contributed by atoms with Gasteiger partial charge >= 0.3 is 5.69 Å². The maximum Gasteiger partial charge on any atom is 0.337 e. The van der Waals surface area contributed by atoms with Crippen LogP contribution in [0, 0.1) is 19.7 Å². The first-order valence-electron chi connectivity index (χ1n) is 11.1. The highest BCUT2D eigenvalue weighted by molar-refractivity contribution is 5.84. The molecule has 35 heavy (non-hydrogen) atoms. The molecule has 184 valence electrons. The summed E-state index contributed by atoms with van der Waals surface area (Å²) in [6.45, 7) is 6.95. The molecule has 0 radical (unpaired) electrons. The zero-order valence-electron chi connectivity index (χ0n) is 20.5. The lowest BCUT2D eigenvalue weighted by molar-refractivity contribution is 0.414. The van der Waals surface area contributed by atoms with Gasteiger partial charge in [-0.2, -0.15) is 0 Å². The Bertz CT molecular complexity index is 1580. The van der Waals surface area contributed by atoms with Gasteiger partial charge in [0.25, 0.3) is 11.1 Å². The van der Waals surface area contributed by atoms with E-state index < -0.39 is 28.4 Å². The molecular weight excluding hydrogens is 453 g/mol. The Kier molecular flexibility index (Phi) is 7.28. The van der Waals surface area contributed by atoms with Gasteiger partial charge in [-0.3, -0.25) is 18.7 Å². The second kappa shape index (κ2) is 10.0. The molecule has 0 aliphatic heterocycles. The minimum atomic E-state index is -0.843. The van der Waals surface area contributed by atoms with Crippen LogP contribution in [0.1, 0.15) is 30.5 Å². The summed E-state index contributed by atoms with van der Waals surface area (Å²) in [5.41, 5.74) is -1.36. The van der Waals surface area contributed by atoms with E-state index in [1.165, 1.54) is 33.2 Å². The minimum Gasteiger partial charge on any atom is -0.506 e. The third kappa shape index (κ3) is 4.37. The van der Waals surface area contributed by atoms with Crippen LogP contribution in [0.3, 0.4) is 0 Å². The number of hydrogen-bond donors (Lipinski definition) is 1. The van der Waals surface area contributed by atoms with Crippen molar-refractivity contribution in [3.63, 3.8) is 0 Å². The van der Waals surface area contributed by atoms with E-state index in [4.69, 9.17) is 4.74 Å². The second-order valence-electron chi connectivity index (χ2n) is 7.85. The van der Waals surface area contributed by atoms with Gasteiger partial charge in [-0.15, -0.1) is 0 Å². The van der Waals surface area contributed by atoms with Crippen LogP contribution in [0.2, 0.25) is 0 Å². The van der Waals surface area contributed by atoms with Gasteiger partial charge in [0, 0.05) is 7.05 Å². The molecule has 9 heteroatoms. The largest absolute Gasteiger partial charge is 0.506 e. The van der Waals surface area contributed by atoms with Crippen LogP contribution >= 0.6 is 0 Å². The molecule has 0 bridgehead atoms. The Labute approximate surface area is 201 Å². The number of ether oxygens (including phenoxy) is 1. The minimum absolute atomic E-state index is 0.0484. The van der Waals surface area contributed by atoms with Crippen molar-refractivity contribution in [3.8, 4) is 17.2 Å². The summed E-state index contributed by atoms with van der Waals surface area (Å²) in [6.07, 6.45) is 0. The molecule has 0 aliphatic rings. The first-order valence-corrected chi connectivity index (χ1v) is 11.1. The van der Waals surface area contributed by atoms with Gasteiger partial charge in [0.05, 0.1) is 24.9 Å². The lowest BCUT2D eigenvalue weighted by Crippen LogP contribution is -2.42. The molecule has 0 aliphatic carbocycles. The monoisotopic (exact) mass is 481 g/mol. The Morgan fingerprint density at radius 1 is 0.971 bits per heavy atom. The fourth-order valence-electron chi connectivity index (χ4n) is 3.87. The van der Waals surface area contributed by atoms with Gasteiger partial charge in [-0.05, 0) is 49.2 Å². The number of aromatic hydroxyl groups is 1. The molecule has 0 fully saturated rings. The zero-order valence-corrected chi connectivity index (χ0v) is 20.5. The SMILES string of the molecule is CC.COc1ccc(Cn2c(=O)c3c(O)c(C)c(=O)n(C)c3n(-c3ccc(C)cc3F)c2=O)cc1. The fraction of sp³-hybridized carbons (Fsp3) is 0.269. The van der Waals surface area contributed by atoms with Crippen LogP contribution in [-0.4, -0.2) is 25.9 Å². The molecule has 1 N–H and O–H groups in total. The van der Waals surface area contributed by atoms with Crippen LogP contribution in [0.15, 0.2) is 56.8 Å². The van der Waals surface area contributed by atoms with Crippen LogP contribution in [0.25, 0.3) is 16.7 Å². The number of aryl methyl sites for hydroxylation is 2. The average Bonchev–Trinajstić information content (AvgIpc) is 2.86. The highest BCUT2D eigenvalue weighted by Crippen LogP contribution is 2.24. The predicted molar refractivity (Wildman–Crippen MR) is 134 cm³/mol. The van der Waals surface area contributed by atoms with Crippen LogP contribution in [0.5, 0.6) is 11.5 Å². The van der Waals surface area contributed by atoms with Crippen molar-refractivity contribution in [3.05, 3.63) is 96.2 Å². The summed E-state index contributed by atoms with van der Waals surface area (Å²) >= 11 is 0. The first-order chi connectivity index (χ1) is 16.6. The normalized spacial score (nSPS) is 10.7. The average molecular weight is 482 g/mol. The number of rotatable bonds is 4. The molecule has 0 saturated carbocycles. The maximum atomic E-state index is 15.0. The smallest absolute Gasteiger partial charge is 0.337 e. The summed E-state index contributed by atoms with van der Waals surface area (Å²) in [5.74, 6) is -0.643. The lowest BCUT2D eigenvalue weighted by atomic mass is 10.1. The van der Waals surface area contributed by atoms with Crippen LogP contribution in [0.4, 0.5) is 4.39 Å². The van der Waals surface area contributed by atoms with E-state index in [9.17, 15) is 23.9 Å². The van der Waals surface area contributed by atoms with E-state index in [0.717, 1.165) is 13.7 Å². The highest BCUT2D eigenvalue weighted by Gasteiger charge is 2.24. The van der Waals surface area contributed by atoms with Crippen LogP contribution in [-0.2, 0) is 13.6 Å². The third-order valence-electron chi connectivity index (χ3n) is 5.70. The van der Waals surface area contributed by atoms with E-state index in [1.54, 1.807) is 37.3 Å². The van der Waals surface area contributed by atoms with E-state index in [-0.39, 0.29) is 28.8 Å². The van der Waals surface area contributed by atoms with E-state index in [1.807, 2.05) is 13.8 Å². The fourth-order valence-corrected chi connectivity index (χ4v) is 3.87. The lowest BCUT2D eigenvalue weighted by Gasteiger charge is -2.18. The van der Waals surface area contributed by atoms with E-state index >= 15 is 0 Å². The number of benzene rings is 2. The molecular formula is C26H28FN3O5. The molecule has 0 spiro atoms. The zero-order chi connectivity index (χ0) is 26.0. The number of halogens is 1. The molecule has 4 aromatic rings. The molecule has 2 aromatic carbocycles. The van der Waals surface area contributed by atoms with Crippen molar-refractivity contribution in [2.75, 3.05) is 7.11 Å². The standard InChI is InChI=1S/C24H22FN3O5.C2H6/c1-13-5-10-18(17(25)11-13)28-21-19(20(29)14(2)22(30)26(21)3)23(31)27(24(28)32)12-15-6-8-16(33-4)9-7-15;1-2/h5-11,29H,12H2,1-4H3;1-2H3. The molecule has 8 nitrogen and oxygen atoms in total. The van der Waals surface area contributed by atoms with E-state index in [2.05, 4.69) is 0 Å². The summed E-state index contributed by atoms with van der Waals surface area (Å²) < 4.78 is 23.1. The number of nitrogens with zero attached hydrogens (tertiary/aromatic N) is 3. The first kappa shape index (κ1) is 25.5. The number of pyridine rings is 1. The second-order valence-corrected chi connectivity index (χ2v) is 7.85. The van der Waals surface area contributed by atoms with Gasteiger partial charge in [0.1, 0.15) is 28.3 Å². The van der Waals surface area contributed by atoms with Gasteiger partial charge in [-0.25, -0.2) is 13.8 Å². The Morgan fingerprint density at radius 2 is 1.60 bits per heavy atom. The summed E-state index contributed by atoms with van der Waals surface area (Å²) in [4.78, 5) is 39.6. The van der Waals surface area contributed by atoms with Crippen molar-refractivity contribution < 1.29 is 14.2 Å². The van der Waals surface area contributed by atoms with Crippen molar-refractivity contribution in [1.29, 1.82) is 0 Å². The summed E-state index contributed by atoms with van der Waals surface area (Å²) in [7, 11) is 2.89. The highest BCUT2D eigenvalue weighted by atomic mass is 19.1. The van der Waals surface area contributed by atoms with Gasteiger partial charge in [0.2, 0.25) is 0 Å². The molecule has 0 amide bonds. The number of aromatic nitrogens is 3. The number of methoxy groups -OCH3 is 1. The molecule has 0 atom stereocenters. The van der Waals surface area contributed by atoms with Gasteiger partial charge in [0.15, 0.2) is 0 Å². The van der Waals surface area contributed by atoms with Crippen molar-refractivity contribution in [2.45, 2.75) is 34.2 Å². The van der Waals surface area contributed by atoms with Crippen LogP contribution < -0.4 is 21.5 Å². The van der Waals surface area contributed by atoms with Gasteiger partial charge < -0.3 is 9.84 Å². The molecule has 2 heterocycles. The maximum absolute atomic E-state index is 15.0. The van der Waals surface area contributed by atoms with Crippen molar-refractivity contribution >= 4 is 11.0 Å². The topological polar surface area (TPSA) is 95.5 Å². The van der Waals surface area contributed by atoms with Crippen molar-refractivity contribution in [2.24, 2.45) is 7.05 Å². The van der Waals surface area contributed by atoms with Gasteiger partial charge in [-0.1, -0.05) is 32.0 Å². The molecule has 2 aromatic heterocycles. The Balaban J connectivity index is 0.00000167. The Hall–Kier alpha value is -4.14. The van der Waals surface area contributed by atoms with Crippen molar-refractivity contribution in [1.82, 2.24) is 13.7 Å². The predicted octanol–water partition coefficient (Wildman–Crippen LogP) is 3.40. The number of hydrogen-bond acceptors (Lipinski definition) is 5. The summed E-state index contributed by atoms with van der Waals surface area (Å²) in [5, 5.41) is 10.5. The Morgan fingerprint density at radius 3 is 2.17 bits per heavy atom. The summed E-state index contributed by atoms with van der Waals surface area (Å²) in [6, 6.07) is 11.0. The number of fused-ring (bicyclic) bond motifs is 1. The molecule has 0 unspecified atom stereocenters. The van der Waals surface area contributed by atoms with E-state index in [0.29, 0.717) is 16.9 Å². The third-order valence-corrected chi connectivity index (χ3v) is 5.70.